The summed E-state index contributed by atoms with van der Waals surface area (Å²) < 4.78 is 5.20. The number of aliphatic carboxylic acids is 1. The van der Waals surface area contributed by atoms with E-state index in [0.29, 0.717) is 10.8 Å². The van der Waals surface area contributed by atoms with Crippen LogP contribution in [-0.4, -0.2) is 11.6 Å². The predicted octanol–water partition coefficient (Wildman–Crippen LogP) is -1.75. The van der Waals surface area contributed by atoms with Gasteiger partial charge in [-0.05, 0) is 38.1 Å². The smallest absolute Gasteiger partial charge is 0.546 e. The van der Waals surface area contributed by atoms with Gasteiger partial charge in [0.25, 0.3) is 0 Å². The van der Waals surface area contributed by atoms with Crippen LogP contribution in [0.25, 0.3) is 0 Å². The molecule has 1 aromatic rings. The van der Waals surface area contributed by atoms with E-state index < -0.39 is 11.6 Å². The summed E-state index contributed by atoms with van der Waals surface area (Å²) in [7, 11) is 0. The monoisotopic (exact) mass is 252 g/mol. The van der Waals surface area contributed by atoms with Crippen molar-refractivity contribution in [3.05, 3.63) is 29.3 Å². The van der Waals surface area contributed by atoms with Crippen LogP contribution in [0.5, 0.6) is 5.75 Å². The third kappa shape index (κ3) is 4.85. The van der Waals surface area contributed by atoms with Crippen molar-refractivity contribution in [1.82, 2.24) is 0 Å². The molecule has 0 amide bonds. The predicted molar refractivity (Wildman–Crippen MR) is 51.2 cm³/mol. The van der Waals surface area contributed by atoms with Gasteiger partial charge in [-0.25, -0.2) is 0 Å². The summed E-state index contributed by atoms with van der Waals surface area (Å²) in [6, 6.07) is 6.46. The van der Waals surface area contributed by atoms with E-state index >= 15 is 0 Å². The van der Waals surface area contributed by atoms with Crippen LogP contribution in [-0.2, 0) is 4.79 Å². The Hall–Kier alpha value is 0.416. The molecule has 0 unspecified atom stereocenters. The molecular weight excluding hydrogens is 243 g/mol. The Morgan fingerprint density at radius 1 is 1.33 bits per heavy atom. The van der Waals surface area contributed by atoms with E-state index in [9.17, 15) is 9.90 Å². The Kier molecular flexibility index (Phi) is 6.40. The maximum Gasteiger partial charge on any atom is 1.00 e. The van der Waals surface area contributed by atoms with Crippen LogP contribution in [0.15, 0.2) is 24.3 Å². The molecule has 15 heavy (non-hydrogen) atoms. The number of benzene rings is 1. The van der Waals surface area contributed by atoms with Crippen LogP contribution in [0.4, 0.5) is 0 Å². The molecule has 0 aliphatic rings. The molecule has 1 aromatic carbocycles. The fourth-order valence-electron chi connectivity index (χ4n) is 0.839. The Balaban J connectivity index is 0.00000196. The molecule has 0 N–H and O–H groups in total. The third-order valence-corrected chi connectivity index (χ3v) is 1.93. The van der Waals surface area contributed by atoms with E-state index in [1.807, 2.05) is 0 Å². The van der Waals surface area contributed by atoms with Crippen molar-refractivity contribution in [3.8, 4) is 5.75 Å². The first-order valence-electron chi connectivity index (χ1n) is 4.08. The SMILES string of the molecule is CC(C)(Oc1ccc(Cl)cc1)C(=O)[O-].[K+]. The zero-order valence-electron chi connectivity index (χ0n) is 8.91. The van der Waals surface area contributed by atoms with Crippen molar-refractivity contribution in [3.63, 3.8) is 0 Å². The van der Waals surface area contributed by atoms with Crippen molar-refractivity contribution in [2.75, 3.05) is 0 Å². The fraction of sp³-hybridized carbons (Fsp3) is 0.300. The van der Waals surface area contributed by atoms with Gasteiger partial charge in [-0.2, -0.15) is 0 Å². The molecule has 0 radical (unpaired) electrons. The molecule has 5 heteroatoms. The molecule has 1 rings (SSSR count). The summed E-state index contributed by atoms with van der Waals surface area (Å²) in [5, 5.41) is 11.2. The molecule has 0 atom stereocenters. The average molecular weight is 253 g/mol. The number of halogens is 1. The minimum Gasteiger partial charge on any atom is -0.546 e. The summed E-state index contributed by atoms with van der Waals surface area (Å²) >= 11 is 5.66. The van der Waals surface area contributed by atoms with Gasteiger partial charge in [0.05, 0.1) is 5.97 Å². The van der Waals surface area contributed by atoms with Gasteiger partial charge in [0.2, 0.25) is 0 Å². The molecule has 3 nitrogen and oxygen atoms in total. The zero-order valence-corrected chi connectivity index (χ0v) is 12.8. The largest absolute Gasteiger partial charge is 1.00 e. The van der Waals surface area contributed by atoms with Gasteiger partial charge in [-0.15, -0.1) is 0 Å². The maximum atomic E-state index is 10.6. The second-order valence-electron chi connectivity index (χ2n) is 3.35. The standard InChI is InChI=1S/C10H11ClO3.K/c1-10(2,9(12)13)14-8-5-3-7(11)4-6-8;/h3-6H,1-2H3,(H,12,13);/q;+1/p-1. The maximum absolute atomic E-state index is 10.6. The number of carboxylic acid groups (broad SMARTS) is 1. The fourth-order valence-corrected chi connectivity index (χ4v) is 0.965. The summed E-state index contributed by atoms with van der Waals surface area (Å²) in [5.41, 5.74) is -1.34. The quantitative estimate of drug-likeness (QED) is 0.600. The number of carboxylic acids is 1. The van der Waals surface area contributed by atoms with E-state index in [4.69, 9.17) is 16.3 Å². The molecule has 0 aromatic heterocycles. The second kappa shape index (κ2) is 6.23. The van der Waals surface area contributed by atoms with Crippen LogP contribution < -0.4 is 61.2 Å². The first kappa shape index (κ1) is 15.4. The van der Waals surface area contributed by atoms with Crippen molar-refractivity contribution >= 4 is 17.6 Å². The van der Waals surface area contributed by atoms with Gasteiger partial charge in [0, 0.05) is 5.02 Å². The molecule has 0 aliphatic carbocycles. The Labute approximate surface area is 136 Å². The van der Waals surface area contributed by atoms with Crippen LogP contribution in [0.2, 0.25) is 5.02 Å². The molecule has 0 heterocycles. The van der Waals surface area contributed by atoms with E-state index in [1.54, 1.807) is 24.3 Å². The average Bonchev–Trinajstić information content (AvgIpc) is 2.08. The minimum atomic E-state index is -1.34. The van der Waals surface area contributed by atoms with Gasteiger partial charge in [-0.3, -0.25) is 0 Å². The summed E-state index contributed by atoms with van der Waals surface area (Å²) in [5.74, 6) is -0.809. The van der Waals surface area contributed by atoms with Crippen LogP contribution in [0, 0.1) is 0 Å². The number of carbonyl (C=O) groups is 1. The van der Waals surface area contributed by atoms with Crippen LogP contribution >= 0.6 is 11.6 Å². The zero-order chi connectivity index (χ0) is 10.8. The number of ether oxygens (including phenoxy) is 1. The first-order chi connectivity index (χ1) is 6.42. The van der Waals surface area contributed by atoms with E-state index in [-0.39, 0.29) is 51.4 Å². The molecule has 0 aliphatic heterocycles. The molecule has 0 bridgehead atoms. The van der Waals surface area contributed by atoms with Gasteiger partial charge < -0.3 is 14.6 Å². The van der Waals surface area contributed by atoms with Gasteiger partial charge in [-0.1, -0.05) is 11.6 Å². The van der Waals surface area contributed by atoms with E-state index in [1.165, 1.54) is 13.8 Å². The van der Waals surface area contributed by atoms with Crippen molar-refractivity contribution in [2.24, 2.45) is 0 Å². The molecule has 0 saturated carbocycles. The third-order valence-electron chi connectivity index (χ3n) is 1.68. The first-order valence-corrected chi connectivity index (χ1v) is 4.45. The Morgan fingerprint density at radius 3 is 2.20 bits per heavy atom. The van der Waals surface area contributed by atoms with Crippen molar-refractivity contribution < 1.29 is 66.0 Å². The molecular formula is C10H10ClKO3. The van der Waals surface area contributed by atoms with Gasteiger partial charge >= 0.3 is 51.4 Å². The Bertz CT molecular complexity index is 335. The van der Waals surface area contributed by atoms with Crippen LogP contribution in [0.1, 0.15) is 13.8 Å². The number of hydrogen-bond acceptors (Lipinski definition) is 3. The topological polar surface area (TPSA) is 49.4 Å². The molecule has 76 valence electrons. The normalized spacial score (nSPS) is 10.3. The number of rotatable bonds is 3. The van der Waals surface area contributed by atoms with E-state index in [2.05, 4.69) is 0 Å². The summed E-state index contributed by atoms with van der Waals surface area (Å²) in [4.78, 5) is 10.6. The van der Waals surface area contributed by atoms with E-state index in [0.717, 1.165) is 0 Å². The van der Waals surface area contributed by atoms with Gasteiger partial charge in [0.15, 0.2) is 0 Å². The minimum absolute atomic E-state index is 0. The van der Waals surface area contributed by atoms with Crippen molar-refractivity contribution in [2.45, 2.75) is 19.4 Å². The summed E-state index contributed by atoms with van der Waals surface area (Å²) in [6.45, 7) is 2.86. The summed E-state index contributed by atoms with van der Waals surface area (Å²) in [6.07, 6.45) is 0. The second-order valence-corrected chi connectivity index (χ2v) is 3.79. The molecule has 0 saturated heterocycles. The van der Waals surface area contributed by atoms with Crippen molar-refractivity contribution in [1.29, 1.82) is 0 Å². The molecule has 0 spiro atoms. The van der Waals surface area contributed by atoms with Crippen LogP contribution in [0.3, 0.4) is 0 Å². The number of hydrogen-bond donors (Lipinski definition) is 0. The van der Waals surface area contributed by atoms with Gasteiger partial charge in [0.1, 0.15) is 11.4 Å². The molecule has 0 fully saturated rings. The Morgan fingerprint density at radius 2 is 1.80 bits per heavy atom. The number of carbonyl (C=O) groups excluding carboxylic acids is 1.